The molecular weight excluding hydrogens is 240 g/mol. The first-order chi connectivity index (χ1) is 8.13. The number of nitrogens with zero attached hydrogens (tertiary/aromatic N) is 2. The summed E-state index contributed by atoms with van der Waals surface area (Å²) in [7, 11) is 0. The number of aromatic nitrogens is 2. The normalized spacial score (nSPS) is 10.9. The number of rotatable bonds is 3. The van der Waals surface area contributed by atoms with E-state index in [0.717, 1.165) is 0 Å². The highest BCUT2D eigenvalue weighted by Crippen LogP contribution is 2.15. The Kier molecular flexibility index (Phi) is 3.31. The predicted octanol–water partition coefficient (Wildman–Crippen LogP) is 0.981. The predicted molar refractivity (Wildman–Crippen MR) is 69.1 cm³/mol. The first-order valence-electron chi connectivity index (χ1n) is 5.29. The Morgan fingerprint density at radius 2 is 2.18 bits per heavy atom. The van der Waals surface area contributed by atoms with Gasteiger partial charge in [0.05, 0.1) is 10.9 Å². The maximum atomic E-state index is 12.2. The van der Waals surface area contributed by atoms with Crippen LogP contribution in [0.3, 0.4) is 0 Å². The van der Waals surface area contributed by atoms with Gasteiger partial charge in [-0.2, -0.15) is 0 Å². The van der Waals surface area contributed by atoms with Gasteiger partial charge in [-0.15, -0.1) is 0 Å². The van der Waals surface area contributed by atoms with E-state index in [9.17, 15) is 4.79 Å². The van der Waals surface area contributed by atoms with E-state index in [1.54, 1.807) is 18.2 Å². The second-order valence-corrected chi connectivity index (χ2v) is 4.17. The molecule has 0 aliphatic carbocycles. The Morgan fingerprint density at radius 1 is 1.41 bits per heavy atom. The van der Waals surface area contributed by atoms with Crippen LogP contribution in [0.4, 0.5) is 5.95 Å². The lowest BCUT2D eigenvalue weighted by Crippen LogP contribution is -2.25. The molecule has 0 atom stereocenters. The van der Waals surface area contributed by atoms with Gasteiger partial charge in [-0.1, -0.05) is 11.6 Å². The van der Waals surface area contributed by atoms with Crippen molar-refractivity contribution in [2.75, 3.05) is 12.3 Å². The fraction of sp³-hybridized carbons (Fsp3) is 0.273. The molecule has 1 heterocycles. The molecule has 0 radical (unpaired) electrons. The Balaban J connectivity index is 2.65. The van der Waals surface area contributed by atoms with Crippen molar-refractivity contribution in [1.82, 2.24) is 9.55 Å². The molecule has 0 fully saturated rings. The Bertz CT molecular complexity index is 608. The minimum Gasteiger partial charge on any atom is -0.369 e. The minimum absolute atomic E-state index is 0.177. The first kappa shape index (κ1) is 11.9. The zero-order chi connectivity index (χ0) is 12.4. The van der Waals surface area contributed by atoms with Crippen molar-refractivity contribution in [1.29, 1.82) is 0 Å². The highest BCUT2D eigenvalue weighted by molar-refractivity contribution is 6.31. The molecule has 0 saturated carbocycles. The van der Waals surface area contributed by atoms with Crippen LogP contribution in [0.15, 0.2) is 23.0 Å². The number of benzene rings is 1. The van der Waals surface area contributed by atoms with Crippen molar-refractivity contribution < 1.29 is 0 Å². The summed E-state index contributed by atoms with van der Waals surface area (Å²) in [6.45, 7) is 0.968. The smallest absolute Gasteiger partial charge is 0.262 e. The van der Waals surface area contributed by atoms with E-state index in [-0.39, 0.29) is 11.5 Å². The van der Waals surface area contributed by atoms with Crippen LogP contribution in [0, 0.1) is 0 Å². The summed E-state index contributed by atoms with van der Waals surface area (Å²) >= 11 is 5.86. The van der Waals surface area contributed by atoms with Gasteiger partial charge in [0, 0.05) is 11.6 Å². The molecule has 2 rings (SSSR count). The summed E-state index contributed by atoms with van der Waals surface area (Å²) < 4.78 is 1.42. The zero-order valence-corrected chi connectivity index (χ0v) is 9.94. The van der Waals surface area contributed by atoms with Crippen LogP contribution in [-0.4, -0.2) is 16.1 Å². The number of halogens is 1. The standard InChI is InChI=1S/C11H13ClN4O/c12-7-2-3-9-8(6-7)10(17)16(5-1-4-13)11(14)15-9/h2-3,6H,1,4-5,13H2,(H2,14,15). The van der Waals surface area contributed by atoms with E-state index in [4.69, 9.17) is 23.1 Å². The van der Waals surface area contributed by atoms with E-state index >= 15 is 0 Å². The molecule has 2 aromatic rings. The minimum atomic E-state index is -0.177. The van der Waals surface area contributed by atoms with Gasteiger partial charge in [0.1, 0.15) is 0 Å². The average Bonchev–Trinajstić information content (AvgIpc) is 2.30. The number of anilines is 1. The van der Waals surface area contributed by atoms with Gasteiger partial charge in [-0.25, -0.2) is 4.98 Å². The van der Waals surface area contributed by atoms with Crippen LogP contribution < -0.4 is 17.0 Å². The van der Waals surface area contributed by atoms with Gasteiger partial charge >= 0.3 is 0 Å². The molecule has 1 aromatic carbocycles. The number of nitrogen functional groups attached to an aromatic ring is 1. The summed E-state index contributed by atoms with van der Waals surface area (Å²) in [6, 6.07) is 4.97. The molecule has 0 amide bonds. The molecule has 0 aliphatic rings. The van der Waals surface area contributed by atoms with E-state index in [1.165, 1.54) is 4.57 Å². The Morgan fingerprint density at radius 3 is 2.88 bits per heavy atom. The second kappa shape index (κ2) is 4.73. The fourth-order valence-electron chi connectivity index (χ4n) is 1.68. The van der Waals surface area contributed by atoms with Crippen molar-refractivity contribution in [3.05, 3.63) is 33.6 Å². The SMILES string of the molecule is NCCCn1c(N)nc2ccc(Cl)cc2c1=O. The lowest BCUT2D eigenvalue weighted by atomic mass is 10.2. The van der Waals surface area contributed by atoms with E-state index in [2.05, 4.69) is 4.98 Å². The number of fused-ring (bicyclic) bond motifs is 1. The first-order valence-corrected chi connectivity index (χ1v) is 5.67. The van der Waals surface area contributed by atoms with Crippen LogP contribution in [0.5, 0.6) is 0 Å². The van der Waals surface area contributed by atoms with Gasteiger partial charge in [0.2, 0.25) is 5.95 Å². The molecule has 4 N–H and O–H groups in total. The molecule has 0 bridgehead atoms. The van der Waals surface area contributed by atoms with Gasteiger partial charge < -0.3 is 11.5 Å². The molecule has 0 spiro atoms. The van der Waals surface area contributed by atoms with Crippen molar-refractivity contribution in [2.24, 2.45) is 5.73 Å². The Hall–Kier alpha value is -1.59. The molecule has 17 heavy (non-hydrogen) atoms. The summed E-state index contributed by atoms with van der Waals surface area (Å²) in [5, 5.41) is 0.982. The molecule has 6 heteroatoms. The molecule has 90 valence electrons. The summed E-state index contributed by atoms with van der Waals surface area (Å²) in [6.07, 6.45) is 0.678. The molecule has 0 unspecified atom stereocenters. The quantitative estimate of drug-likeness (QED) is 0.853. The zero-order valence-electron chi connectivity index (χ0n) is 9.19. The largest absolute Gasteiger partial charge is 0.369 e. The summed E-state index contributed by atoms with van der Waals surface area (Å²) in [5.41, 5.74) is 11.5. The molecule has 5 nitrogen and oxygen atoms in total. The molecular formula is C11H13ClN4O. The monoisotopic (exact) mass is 252 g/mol. The van der Waals surface area contributed by atoms with Crippen LogP contribution in [-0.2, 0) is 6.54 Å². The van der Waals surface area contributed by atoms with Crippen LogP contribution in [0.1, 0.15) is 6.42 Å². The molecule has 0 saturated heterocycles. The third-order valence-corrected chi connectivity index (χ3v) is 2.77. The van der Waals surface area contributed by atoms with Crippen LogP contribution >= 0.6 is 11.6 Å². The van der Waals surface area contributed by atoms with Crippen molar-refractivity contribution in [2.45, 2.75) is 13.0 Å². The number of nitrogens with two attached hydrogens (primary N) is 2. The second-order valence-electron chi connectivity index (χ2n) is 3.73. The maximum Gasteiger partial charge on any atom is 0.262 e. The average molecular weight is 253 g/mol. The van der Waals surface area contributed by atoms with Crippen molar-refractivity contribution in [3.8, 4) is 0 Å². The highest BCUT2D eigenvalue weighted by atomic mass is 35.5. The third kappa shape index (κ3) is 2.25. The summed E-state index contributed by atoms with van der Waals surface area (Å²) in [4.78, 5) is 16.3. The van der Waals surface area contributed by atoms with Gasteiger partial charge in [0.15, 0.2) is 0 Å². The van der Waals surface area contributed by atoms with E-state index in [1.807, 2.05) is 0 Å². The highest BCUT2D eigenvalue weighted by Gasteiger charge is 2.08. The lowest BCUT2D eigenvalue weighted by Gasteiger charge is -2.09. The molecule has 0 aliphatic heterocycles. The van der Waals surface area contributed by atoms with Gasteiger partial charge in [-0.05, 0) is 31.2 Å². The van der Waals surface area contributed by atoms with Crippen molar-refractivity contribution >= 4 is 28.5 Å². The van der Waals surface area contributed by atoms with Crippen molar-refractivity contribution in [3.63, 3.8) is 0 Å². The Labute approximate surface area is 103 Å². The third-order valence-electron chi connectivity index (χ3n) is 2.53. The van der Waals surface area contributed by atoms with Gasteiger partial charge in [-0.3, -0.25) is 9.36 Å². The number of hydrogen-bond acceptors (Lipinski definition) is 4. The lowest BCUT2D eigenvalue weighted by molar-refractivity contribution is 0.634. The molecule has 1 aromatic heterocycles. The maximum absolute atomic E-state index is 12.2. The fourth-order valence-corrected chi connectivity index (χ4v) is 1.85. The topological polar surface area (TPSA) is 86.9 Å². The van der Waals surface area contributed by atoms with Gasteiger partial charge in [0.25, 0.3) is 5.56 Å². The number of hydrogen-bond donors (Lipinski definition) is 2. The summed E-state index contributed by atoms with van der Waals surface area (Å²) in [5.74, 6) is 0.207. The van der Waals surface area contributed by atoms with Crippen LogP contribution in [0.2, 0.25) is 5.02 Å². The van der Waals surface area contributed by atoms with Crippen LogP contribution in [0.25, 0.3) is 10.9 Å². The van der Waals surface area contributed by atoms with E-state index < -0.39 is 0 Å². The van der Waals surface area contributed by atoms with E-state index in [0.29, 0.717) is 35.4 Å².